The molecule has 8 nitrogen and oxygen atoms in total. The second kappa shape index (κ2) is 35.3. The van der Waals surface area contributed by atoms with Gasteiger partial charge in [-0.1, -0.05) is 187 Å². The van der Waals surface area contributed by atoms with E-state index in [0.29, 0.717) is 12.8 Å². The Kier molecular flexibility index (Phi) is 35.0. The predicted molar refractivity (Wildman–Crippen MR) is 199 cm³/mol. The lowest BCUT2D eigenvalue weighted by molar-refractivity contribution is -0.123. The van der Waals surface area contributed by atoms with Gasteiger partial charge in [-0.15, -0.1) is 0 Å². The van der Waals surface area contributed by atoms with Gasteiger partial charge in [0.1, 0.15) is 0 Å². The van der Waals surface area contributed by atoms with Gasteiger partial charge in [0.05, 0.1) is 25.4 Å². The number of hydrogen-bond donors (Lipinski definition) is 4. The highest BCUT2D eigenvalue weighted by Gasteiger charge is 2.27. The summed E-state index contributed by atoms with van der Waals surface area (Å²) in [6.45, 7) is 4.21. The van der Waals surface area contributed by atoms with Gasteiger partial charge in [-0.05, 0) is 12.8 Å². The molecule has 9 heteroatoms. The lowest BCUT2D eigenvalue weighted by Crippen LogP contribution is -2.46. The number of nitrogens with one attached hydrogen (secondary N) is 1. The average Bonchev–Trinajstić information content (AvgIpc) is 3.05. The van der Waals surface area contributed by atoms with Gasteiger partial charge in [-0.3, -0.25) is 13.8 Å². The van der Waals surface area contributed by atoms with Crippen molar-refractivity contribution < 1.29 is 28.4 Å². The summed E-state index contributed by atoms with van der Waals surface area (Å²) in [6.07, 6.45) is 35.3. The van der Waals surface area contributed by atoms with Crippen molar-refractivity contribution in [3.05, 3.63) is 0 Å². The first-order valence-corrected chi connectivity index (χ1v) is 21.6. The molecule has 5 N–H and O–H groups in total. The zero-order valence-electron chi connectivity index (χ0n) is 31.0. The maximum atomic E-state index is 12.7. The Bertz CT molecular complexity index is 714. The number of rotatable bonds is 38. The van der Waals surface area contributed by atoms with Crippen LogP contribution in [0.15, 0.2) is 0 Å². The first-order chi connectivity index (χ1) is 22.9. The summed E-state index contributed by atoms with van der Waals surface area (Å²) >= 11 is 0. The van der Waals surface area contributed by atoms with E-state index in [2.05, 4.69) is 19.2 Å². The zero-order valence-corrected chi connectivity index (χ0v) is 31.9. The molecule has 0 aromatic heterocycles. The van der Waals surface area contributed by atoms with Gasteiger partial charge in [-0.25, -0.2) is 4.57 Å². The Labute approximate surface area is 291 Å². The van der Waals surface area contributed by atoms with Crippen LogP contribution in [0.3, 0.4) is 0 Å². The largest absolute Gasteiger partial charge is 0.472 e. The lowest BCUT2D eigenvalue weighted by atomic mass is 10.0. The van der Waals surface area contributed by atoms with E-state index in [1.54, 1.807) is 0 Å². The molecule has 0 fully saturated rings. The van der Waals surface area contributed by atoms with Crippen LogP contribution in [-0.4, -0.2) is 47.8 Å². The van der Waals surface area contributed by atoms with Crippen molar-refractivity contribution in [1.29, 1.82) is 0 Å². The fourth-order valence-electron chi connectivity index (χ4n) is 6.14. The monoisotopic (exact) mass is 691 g/mol. The Morgan fingerprint density at radius 1 is 0.617 bits per heavy atom. The van der Waals surface area contributed by atoms with Crippen LogP contribution in [0.5, 0.6) is 0 Å². The SMILES string of the molecule is CCCCCCCCCCCCCCCCCCC(O)C(COP(=O)(O)OCCN)NC(=O)CCCCCCCCCCCCCC. The van der Waals surface area contributed by atoms with Crippen LogP contribution in [0.4, 0.5) is 0 Å². The summed E-state index contributed by atoms with van der Waals surface area (Å²) in [5.41, 5.74) is 5.37. The van der Waals surface area contributed by atoms with Crippen molar-refractivity contribution in [3.63, 3.8) is 0 Å². The van der Waals surface area contributed by atoms with Crippen LogP contribution >= 0.6 is 7.82 Å². The molecule has 3 atom stereocenters. The third-order valence-corrected chi connectivity index (χ3v) is 10.2. The topological polar surface area (TPSA) is 131 Å². The highest BCUT2D eigenvalue weighted by molar-refractivity contribution is 7.47. The molecular weight excluding hydrogens is 611 g/mol. The van der Waals surface area contributed by atoms with E-state index in [1.807, 2.05) is 0 Å². The molecule has 0 aliphatic rings. The Morgan fingerprint density at radius 3 is 1.36 bits per heavy atom. The van der Waals surface area contributed by atoms with Gasteiger partial charge >= 0.3 is 7.82 Å². The van der Waals surface area contributed by atoms with Crippen molar-refractivity contribution in [2.45, 2.75) is 219 Å². The fourth-order valence-corrected chi connectivity index (χ4v) is 6.90. The highest BCUT2D eigenvalue weighted by Crippen LogP contribution is 2.43. The molecule has 0 radical (unpaired) electrons. The minimum Gasteiger partial charge on any atom is -0.391 e. The molecule has 0 spiro atoms. The van der Waals surface area contributed by atoms with E-state index < -0.39 is 20.0 Å². The Balaban J connectivity index is 4.17. The van der Waals surface area contributed by atoms with E-state index in [9.17, 15) is 19.4 Å². The highest BCUT2D eigenvalue weighted by atomic mass is 31.2. The summed E-state index contributed by atoms with van der Waals surface area (Å²) in [5.74, 6) is -0.160. The summed E-state index contributed by atoms with van der Waals surface area (Å²) < 4.78 is 22.1. The summed E-state index contributed by atoms with van der Waals surface area (Å²) in [7, 11) is -4.30. The lowest BCUT2D eigenvalue weighted by Gasteiger charge is -2.25. The van der Waals surface area contributed by atoms with Crippen LogP contribution in [-0.2, 0) is 18.4 Å². The minimum atomic E-state index is -4.30. The first kappa shape index (κ1) is 46.5. The summed E-state index contributed by atoms with van der Waals surface area (Å²) in [4.78, 5) is 22.6. The van der Waals surface area contributed by atoms with Gasteiger partial charge in [0.25, 0.3) is 0 Å². The van der Waals surface area contributed by atoms with Crippen molar-refractivity contribution in [2.24, 2.45) is 5.73 Å². The van der Waals surface area contributed by atoms with Crippen LogP contribution in [0.2, 0.25) is 0 Å². The van der Waals surface area contributed by atoms with Gasteiger partial charge in [0, 0.05) is 13.0 Å². The fraction of sp³-hybridized carbons (Fsp3) is 0.974. The van der Waals surface area contributed by atoms with Crippen molar-refractivity contribution in [3.8, 4) is 0 Å². The number of phosphoric ester groups is 1. The average molecular weight is 691 g/mol. The molecule has 0 heterocycles. The second-order valence-electron chi connectivity index (χ2n) is 13.9. The van der Waals surface area contributed by atoms with Crippen molar-refractivity contribution >= 4 is 13.7 Å². The molecule has 0 saturated heterocycles. The second-order valence-corrected chi connectivity index (χ2v) is 15.3. The molecule has 0 aliphatic carbocycles. The van der Waals surface area contributed by atoms with E-state index in [4.69, 9.17) is 14.8 Å². The quantitative estimate of drug-likeness (QED) is 0.0374. The number of hydrogen-bond acceptors (Lipinski definition) is 6. The van der Waals surface area contributed by atoms with Crippen molar-refractivity contribution in [1.82, 2.24) is 5.32 Å². The number of nitrogens with two attached hydrogens (primary N) is 1. The number of aliphatic hydroxyl groups is 1. The van der Waals surface area contributed by atoms with E-state index >= 15 is 0 Å². The molecule has 0 aliphatic heterocycles. The molecule has 0 saturated carbocycles. The molecular formula is C38H79N2O6P. The number of aliphatic hydroxyl groups excluding tert-OH is 1. The Morgan fingerprint density at radius 2 is 0.979 bits per heavy atom. The van der Waals surface area contributed by atoms with E-state index in [0.717, 1.165) is 38.5 Å². The summed E-state index contributed by atoms with van der Waals surface area (Å²) in [5, 5.41) is 13.8. The number of amides is 1. The zero-order chi connectivity index (χ0) is 34.7. The van der Waals surface area contributed by atoms with E-state index in [-0.39, 0.29) is 25.7 Å². The van der Waals surface area contributed by atoms with Gasteiger partial charge in [0.15, 0.2) is 0 Å². The number of unbranched alkanes of at least 4 members (excludes halogenated alkanes) is 26. The molecule has 3 unspecified atom stereocenters. The number of carbonyl (C=O) groups excluding carboxylic acids is 1. The van der Waals surface area contributed by atoms with E-state index in [1.165, 1.54) is 141 Å². The molecule has 0 aromatic carbocycles. The maximum absolute atomic E-state index is 12.7. The minimum absolute atomic E-state index is 0.0923. The predicted octanol–water partition coefficient (Wildman–Crippen LogP) is 10.7. The Hall–Kier alpha value is -0.500. The molecule has 0 aromatic rings. The maximum Gasteiger partial charge on any atom is 0.472 e. The molecule has 0 bridgehead atoms. The standard InChI is InChI=1S/C38H79N2O6P/c1-3-5-7-9-11-13-15-17-18-19-20-21-23-25-27-29-31-37(41)36(35-46-47(43,44)45-34-33-39)40-38(42)32-30-28-26-24-22-16-14-12-10-8-6-4-2/h36-37,41H,3-35,39H2,1-2H3,(H,40,42)(H,43,44). The van der Waals surface area contributed by atoms with Gasteiger partial charge in [-0.2, -0.15) is 0 Å². The number of phosphoric acid groups is 1. The van der Waals surface area contributed by atoms with Gasteiger partial charge in [0.2, 0.25) is 5.91 Å². The molecule has 1 amide bonds. The van der Waals surface area contributed by atoms with Crippen LogP contribution < -0.4 is 11.1 Å². The molecule has 282 valence electrons. The van der Waals surface area contributed by atoms with Crippen LogP contribution in [0.25, 0.3) is 0 Å². The number of carbonyl (C=O) groups is 1. The third-order valence-electron chi connectivity index (χ3n) is 9.21. The van der Waals surface area contributed by atoms with Crippen molar-refractivity contribution in [2.75, 3.05) is 19.8 Å². The smallest absolute Gasteiger partial charge is 0.391 e. The third kappa shape index (κ3) is 33.8. The summed E-state index contributed by atoms with van der Waals surface area (Å²) in [6, 6.07) is -0.766. The molecule has 47 heavy (non-hydrogen) atoms. The van der Waals surface area contributed by atoms with Gasteiger partial charge < -0.3 is 21.1 Å². The van der Waals surface area contributed by atoms with Crippen LogP contribution in [0, 0.1) is 0 Å². The first-order valence-electron chi connectivity index (χ1n) is 20.2. The molecule has 0 rings (SSSR count). The normalized spacial score (nSPS) is 14.2. The van der Waals surface area contributed by atoms with Crippen LogP contribution in [0.1, 0.15) is 206 Å².